The number of rotatable bonds is 6. The van der Waals surface area contributed by atoms with Crippen molar-refractivity contribution in [2.75, 3.05) is 24.3 Å². The molecule has 4 aromatic rings. The second-order valence-corrected chi connectivity index (χ2v) is 26.0. The van der Waals surface area contributed by atoms with Gasteiger partial charge in [0.05, 0.1) is 25.9 Å². The number of hydrogen-bond donors (Lipinski definition) is 5. The third-order valence-corrected chi connectivity index (χ3v) is 17.9. The largest absolute Gasteiger partial charge is 0.408 e. The fraction of sp³-hybridized carbons (Fsp3) is 0.633. The predicted molar refractivity (Wildman–Crippen MR) is 211 cm³/mol. The number of H-pyrrole nitrogens is 1. The second-order valence-electron chi connectivity index (χ2n) is 15.6. The van der Waals surface area contributed by atoms with E-state index in [0.29, 0.717) is 0 Å². The molecule has 312 valence electrons. The minimum Gasteiger partial charge on any atom is -0.408 e. The van der Waals surface area contributed by atoms with E-state index in [4.69, 9.17) is 49.5 Å². The zero-order valence-corrected chi connectivity index (χ0v) is 36.2. The number of imidazole rings is 2. The molecule has 7 heterocycles. The molecule has 27 heteroatoms. The Morgan fingerprint density at radius 3 is 2.40 bits per heavy atom. The highest BCUT2D eigenvalue weighted by atomic mass is 32.7. The summed E-state index contributed by atoms with van der Waals surface area (Å²) < 4.78 is 76.3. The van der Waals surface area contributed by atoms with Gasteiger partial charge in [0.25, 0.3) is 5.56 Å². The monoisotopic (exact) mass is 892 g/mol. The van der Waals surface area contributed by atoms with Crippen molar-refractivity contribution in [3.63, 3.8) is 0 Å². The summed E-state index contributed by atoms with van der Waals surface area (Å²) in [5.74, 6) is -0.943. The van der Waals surface area contributed by atoms with Crippen LogP contribution in [0.15, 0.2) is 23.8 Å². The lowest BCUT2D eigenvalue weighted by molar-refractivity contribution is -0.118. The summed E-state index contributed by atoms with van der Waals surface area (Å²) in [6.07, 6.45) is -7.63. The summed E-state index contributed by atoms with van der Waals surface area (Å²) in [5.41, 5.74) is 5.47. The zero-order chi connectivity index (χ0) is 41.4. The molecule has 0 radical (unpaired) electrons. The number of nitrogens with one attached hydrogen (secondary N) is 2. The first-order valence-electron chi connectivity index (χ1n) is 17.7. The van der Waals surface area contributed by atoms with Gasteiger partial charge in [-0.2, -0.15) is 4.98 Å². The van der Waals surface area contributed by atoms with E-state index in [1.165, 1.54) is 28.1 Å². The number of nitrogen functional groups attached to an aromatic ring is 1. The molecule has 0 saturated carbocycles. The minimum atomic E-state index is -4.48. The molecule has 1 amide bonds. The van der Waals surface area contributed by atoms with Crippen LogP contribution in [0.2, 0.25) is 18.1 Å². The van der Waals surface area contributed by atoms with Crippen LogP contribution in [0.3, 0.4) is 0 Å². The van der Waals surface area contributed by atoms with Crippen molar-refractivity contribution in [2.24, 2.45) is 5.92 Å². The zero-order valence-electron chi connectivity index (χ0n) is 31.7. The lowest BCUT2D eigenvalue weighted by atomic mass is 10.1. The smallest absolute Gasteiger partial charge is 0.386 e. The summed E-state index contributed by atoms with van der Waals surface area (Å²) in [4.78, 5) is 60.5. The van der Waals surface area contributed by atoms with Crippen molar-refractivity contribution in [2.45, 2.75) is 102 Å². The van der Waals surface area contributed by atoms with E-state index in [-0.39, 0.29) is 39.1 Å². The van der Waals surface area contributed by atoms with Gasteiger partial charge in [0.1, 0.15) is 42.4 Å². The van der Waals surface area contributed by atoms with E-state index >= 15 is 4.39 Å². The van der Waals surface area contributed by atoms with Crippen molar-refractivity contribution in [3.05, 3.63) is 29.3 Å². The lowest BCUT2D eigenvalue weighted by Gasteiger charge is -2.40. The third kappa shape index (κ3) is 8.36. The average Bonchev–Trinajstić information content (AvgIpc) is 3.87. The topological polar surface area (TPSA) is 264 Å². The molecule has 4 aromatic heterocycles. The van der Waals surface area contributed by atoms with E-state index in [1.807, 2.05) is 33.9 Å². The van der Waals surface area contributed by atoms with Crippen molar-refractivity contribution in [1.82, 2.24) is 39.0 Å². The number of aromatic nitrogens is 8. The Hall–Kier alpha value is -2.77. The highest BCUT2D eigenvalue weighted by Crippen LogP contribution is 2.59. The summed E-state index contributed by atoms with van der Waals surface area (Å²) in [6.45, 7) is 3.36. The molecule has 3 aliphatic rings. The van der Waals surface area contributed by atoms with Gasteiger partial charge in [-0.05, 0) is 29.9 Å². The number of carbonyl (C=O) groups excluding carboxylic acids is 1. The summed E-state index contributed by atoms with van der Waals surface area (Å²) in [7, 11) is -2.74. The maximum absolute atomic E-state index is 16.4. The number of hydrogen-bond acceptors (Lipinski definition) is 17. The highest BCUT2D eigenvalue weighted by molar-refractivity contribution is 8.44. The molecule has 0 spiro atoms. The number of nitrogens with two attached hydrogens (primary N) is 1. The van der Waals surface area contributed by atoms with Crippen LogP contribution in [0.1, 0.15) is 47.1 Å². The maximum Gasteiger partial charge on any atom is 0.386 e. The number of alkyl halides is 1. The number of carbonyl (C=O) groups is 1. The van der Waals surface area contributed by atoms with Gasteiger partial charge >= 0.3 is 13.5 Å². The number of fused-ring (bicyclic) bond motifs is 5. The first-order valence-corrected chi connectivity index (χ1v) is 25.9. The number of aromatic amines is 1. The number of anilines is 2. The fourth-order valence-electron chi connectivity index (χ4n) is 6.21. The normalized spacial score (nSPS) is 32.9. The molecular formula is C30H43FN10O11P2S2Si. The quantitative estimate of drug-likeness (QED) is 0.105. The number of amides is 1. The van der Waals surface area contributed by atoms with Gasteiger partial charge in [0, 0.05) is 5.92 Å². The fourth-order valence-corrected chi connectivity index (χ4v) is 10.4. The van der Waals surface area contributed by atoms with Gasteiger partial charge in [-0.15, -0.1) is 0 Å². The molecule has 5 N–H and O–H groups in total. The van der Waals surface area contributed by atoms with Gasteiger partial charge in [0.15, 0.2) is 49.6 Å². The van der Waals surface area contributed by atoms with Crippen LogP contribution in [0.25, 0.3) is 22.3 Å². The predicted octanol–water partition coefficient (Wildman–Crippen LogP) is 3.73. The molecule has 21 nitrogen and oxygen atoms in total. The number of thiol groups is 1. The first kappa shape index (κ1) is 42.4. The Labute approximate surface area is 336 Å². The van der Waals surface area contributed by atoms with Crippen molar-refractivity contribution < 1.29 is 50.6 Å². The standard InChI is InChI=1S/C30H43FN10O11P2S2Si/c1-13(2)25(42)38-29-37-24-18(26(43)39-29)36-12-41(24)28-21-20(52-57(6,7)30(3,4)5)15(49-28)9-47-53(44,55)50-19-14(8-46-54(45,56)51-21)48-27(16(19)31)40-11-35-17-22(32)33-10-34-23(17)40/h10-16,19-21,27-28H,8-9H2,1-7H3,(H,44,55)(H,45,56)(H2,32,33,34)(H2,37,38,39,42,43)/t14-,15-,16?,19+,20+,21?,27-,28-,53?,54?/m1/s1. The van der Waals surface area contributed by atoms with Gasteiger partial charge in [-0.1, -0.05) is 46.9 Å². The summed E-state index contributed by atoms with van der Waals surface area (Å²) >= 11 is 9.72. The van der Waals surface area contributed by atoms with Crippen LogP contribution in [0.5, 0.6) is 0 Å². The Balaban J connectivity index is 1.27. The summed E-state index contributed by atoms with van der Waals surface area (Å²) in [5, 5.41) is 2.21. The highest BCUT2D eigenvalue weighted by Gasteiger charge is 2.56. The molecule has 3 saturated heterocycles. The molecule has 4 unspecified atom stereocenters. The minimum absolute atomic E-state index is 0.0306. The third-order valence-electron chi connectivity index (χ3n) is 10.2. The second kappa shape index (κ2) is 15.4. The average molecular weight is 893 g/mol. The first-order chi connectivity index (χ1) is 26.6. The molecule has 2 bridgehead atoms. The van der Waals surface area contributed by atoms with Gasteiger partial charge in [-0.25, -0.2) is 28.9 Å². The van der Waals surface area contributed by atoms with Crippen LogP contribution >= 0.6 is 25.8 Å². The molecule has 3 fully saturated rings. The molecule has 3 aliphatic heterocycles. The van der Waals surface area contributed by atoms with Crippen molar-refractivity contribution in [3.8, 4) is 0 Å². The number of halogens is 1. The SMILES string of the molecule is CC(C)C(=O)Nc1nc2c(ncn2[C@@H]2O[C@@H]3COP(O)(=S)O[C@@H]4C(F)[C@H](n5cnc6c(N)ncnc65)O[C@@H]4COP(=O)(S)OC2[C@H]3O[Si](C)(C)C(C)(C)C)c(=O)[nH]1. The van der Waals surface area contributed by atoms with Crippen molar-refractivity contribution in [1.29, 1.82) is 0 Å². The van der Waals surface area contributed by atoms with E-state index in [1.54, 1.807) is 13.8 Å². The lowest BCUT2D eigenvalue weighted by Crippen LogP contribution is -2.50. The van der Waals surface area contributed by atoms with Crippen LogP contribution in [0.4, 0.5) is 16.2 Å². The van der Waals surface area contributed by atoms with Crippen LogP contribution in [-0.4, -0.2) is 108 Å². The van der Waals surface area contributed by atoms with Gasteiger partial charge < -0.3 is 29.1 Å². The molecular weight excluding hydrogens is 850 g/mol. The van der Waals surface area contributed by atoms with Crippen molar-refractivity contribution >= 4 is 85.9 Å². The summed E-state index contributed by atoms with van der Waals surface area (Å²) in [6, 6.07) is 0. The van der Waals surface area contributed by atoms with Gasteiger partial charge in [-0.3, -0.25) is 42.6 Å². The number of nitrogens with zero attached hydrogens (tertiary/aromatic N) is 7. The van der Waals surface area contributed by atoms with Crippen LogP contribution in [0, 0.1) is 5.92 Å². The Kier molecular flexibility index (Phi) is 11.4. The number of ether oxygens (including phenoxy) is 2. The van der Waals surface area contributed by atoms with E-state index < -0.39 is 102 Å². The van der Waals surface area contributed by atoms with Crippen LogP contribution < -0.4 is 16.6 Å². The van der Waals surface area contributed by atoms with E-state index in [2.05, 4.69) is 47.5 Å². The molecule has 0 aromatic carbocycles. The Morgan fingerprint density at radius 2 is 1.72 bits per heavy atom. The molecule has 10 atom stereocenters. The molecule has 7 rings (SSSR count). The maximum atomic E-state index is 16.4. The Morgan fingerprint density at radius 1 is 1.07 bits per heavy atom. The van der Waals surface area contributed by atoms with E-state index in [0.717, 1.165) is 0 Å². The Bertz CT molecular complexity index is 2350. The molecule has 0 aliphatic carbocycles. The van der Waals surface area contributed by atoms with Crippen LogP contribution in [-0.2, 0) is 53.2 Å². The van der Waals surface area contributed by atoms with Gasteiger partial charge in [0.2, 0.25) is 11.9 Å². The molecule has 57 heavy (non-hydrogen) atoms. The van der Waals surface area contributed by atoms with E-state index in [9.17, 15) is 19.0 Å².